The lowest BCUT2D eigenvalue weighted by Crippen LogP contribution is -2.35. The van der Waals surface area contributed by atoms with Crippen molar-refractivity contribution in [3.05, 3.63) is 78.9 Å². The summed E-state index contributed by atoms with van der Waals surface area (Å²) in [5.74, 6) is 0.234. The summed E-state index contributed by atoms with van der Waals surface area (Å²) in [6, 6.07) is 9.15. The first kappa shape index (κ1) is 22.8. The van der Waals surface area contributed by atoms with Crippen molar-refractivity contribution >= 4 is 17.3 Å². The van der Waals surface area contributed by atoms with Gasteiger partial charge in [-0.05, 0) is 41.9 Å². The van der Waals surface area contributed by atoms with E-state index in [1.807, 2.05) is 6.07 Å². The smallest absolute Gasteiger partial charge is 0.277 e. The average molecular weight is 453 g/mol. The number of benzene rings is 2. The van der Waals surface area contributed by atoms with Gasteiger partial charge in [-0.3, -0.25) is 29.9 Å². The highest BCUT2D eigenvalue weighted by Crippen LogP contribution is 2.27. The van der Waals surface area contributed by atoms with Crippen molar-refractivity contribution in [2.24, 2.45) is 5.92 Å². The van der Waals surface area contributed by atoms with E-state index in [1.165, 1.54) is 49.8 Å². The van der Waals surface area contributed by atoms with Crippen LogP contribution in [0.1, 0.15) is 59.2 Å². The Morgan fingerprint density at radius 1 is 0.970 bits per heavy atom. The van der Waals surface area contributed by atoms with E-state index in [2.05, 4.69) is 22.3 Å². The quantitative estimate of drug-likeness (QED) is 0.492. The molecule has 33 heavy (non-hydrogen) atoms. The third-order valence-electron chi connectivity index (χ3n) is 6.64. The second-order valence-electron chi connectivity index (χ2n) is 9.03. The average Bonchev–Trinajstić information content (AvgIpc) is 2.82. The summed E-state index contributed by atoms with van der Waals surface area (Å²) in [6.45, 7) is 3.41. The predicted molar refractivity (Wildman–Crippen MR) is 123 cm³/mol. The van der Waals surface area contributed by atoms with Gasteiger partial charge in [-0.25, -0.2) is 0 Å². The maximum atomic E-state index is 12.5. The lowest BCUT2D eigenvalue weighted by atomic mass is 9.88. The molecule has 0 radical (unpaired) electrons. The van der Waals surface area contributed by atoms with Crippen molar-refractivity contribution in [2.45, 2.75) is 51.6 Å². The number of non-ortho nitro benzene ring substituents is 2. The van der Waals surface area contributed by atoms with Crippen LogP contribution in [-0.4, -0.2) is 33.7 Å². The van der Waals surface area contributed by atoms with Gasteiger partial charge in [0.25, 0.3) is 17.3 Å². The Balaban J connectivity index is 1.37. The molecule has 1 aliphatic heterocycles. The molecular formula is C24H28N4O5. The molecule has 4 rings (SSSR count). The van der Waals surface area contributed by atoms with Crippen molar-refractivity contribution in [3.8, 4) is 0 Å². The number of hydrogen-bond donors (Lipinski definition) is 1. The second-order valence-corrected chi connectivity index (χ2v) is 9.03. The van der Waals surface area contributed by atoms with Crippen molar-refractivity contribution in [1.29, 1.82) is 0 Å². The molecule has 2 aromatic rings. The summed E-state index contributed by atoms with van der Waals surface area (Å²) in [5.41, 5.74) is 2.46. The minimum absolute atomic E-state index is 0.104. The molecule has 0 atom stereocenters. The maximum Gasteiger partial charge on any atom is 0.277 e. The summed E-state index contributed by atoms with van der Waals surface area (Å²) < 4.78 is 0. The molecule has 0 aromatic heterocycles. The summed E-state index contributed by atoms with van der Waals surface area (Å²) in [6.07, 6.45) is 7.74. The number of hydrogen-bond acceptors (Lipinski definition) is 6. The van der Waals surface area contributed by atoms with E-state index in [0.717, 1.165) is 49.2 Å². The normalized spacial score (nSPS) is 16.7. The molecule has 0 spiro atoms. The van der Waals surface area contributed by atoms with Crippen LogP contribution in [0, 0.1) is 26.1 Å². The zero-order chi connectivity index (χ0) is 23.4. The van der Waals surface area contributed by atoms with Crippen LogP contribution >= 0.6 is 0 Å². The van der Waals surface area contributed by atoms with Crippen molar-refractivity contribution in [2.75, 3.05) is 13.1 Å². The zero-order valence-corrected chi connectivity index (χ0v) is 18.5. The largest absolute Gasteiger partial charge is 0.348 e. The van der Waals surface area contributed by atoms with Gasteiger partial charge < -0.3 is 5.32 Å². The molecule has 174 valence electrons. The lowest BCUT2D eigenvalue weighted by molar-refractivity contribution is -0.394. The molecule has 9 heteroatoms. The Labute approximate surface area is 192 Å². The molecule has 1 heterocycles. The van der Waals surface area contributed by atoms with Gasteiger partial charge in [-0.15, -0.1) is 0 Å². The Hall–Kier alpha value is -3.33. The van der Waals surface area contributed by atoms with Crippen LogP contribution in [0.3, 0.4) is 0 Å². The molecule has 2 aromatic carbocycles. The highest BCUT2D eigenvalue weighted by atomic mass is 16.6. The standard InChI is InChI=1S/C24H28N4O5/c29-24(21-11-22(27(30)31)13-23(12-21)28(32)33)25-14-18-6-7-20-16-26(9-8-19(20)10-18)15-17-4-2-1-3-5-17/h6-7,10-13,17H,1-5,8-9,14-16H2,(H,25,29). The van der Waals surface area contributed by atoms with Crippen LogP contribution in [0.15, 0.2) is 36.4 Å². The van der Waals surface area contributed by atoms with E-state index in [4.69, 9.17) is 0 Å². The number of nitro groups is 2. The Morgan fingerprint density at radius 3 is 2.33 bits per heavy atom. The molecule has 2 aliphatic rings. The van der Waals surface area contributed by atoms with Crippen LogP contribution in [-0.2, 0) is 19.5 Å². The van der Waals surface area contributed by atoms with Crippen LogP contribution in [0.5, 0.6) is 0 Å². The molecular weight excluding hydrogens is 424 g/mol. The fraction of sp³-hybridized carbons (Fsp3) is 0.458. The van der Waals surface area contributed by atoms with Gasteiger partial charge in [0.05, 0.1) is 21.5 Å². The first-order valence-electron chi connectivity index (χ1n) is 11.4. The van der Waals surface area contributed by atoms with Crippen molar-refractivity contribution in [1.82, 2.24) is 10.2 Å². The minimum atomic E-state index is -0.745. The van der Waals surface area contributed by atoms with Gasteiger partial charge >= 0.3 is 0 Å². The van der Waals surface area contributed by atoms with Crippen LogP contribution in [0.4, 0.5) is 11.4 Å². The fourth-order valence-electron chi connectivity index (χ4n) is 4.89. The summed E-state index contributed by atoms with van der Waals surface area (Å²) >= 11 is 0. The third-order valence-corrected chi connectivity index (χ3v) is 6.64. The molecule has 9 nitrogen and oxygen atoms in total. The molecule has 1 aliphatic carbocycles. The lowest BCUT2D eigenvalue weighted by Gasteiger charge is -2.33. The number of carbonyl (C=O) groups is 1. The molecule has 1 fully saturated rings. The number of rotatable bonds is 7. The number of fused-ring (bicyclic) bond motifs is 1. The molecule has 1 saturated carbocycles. The van der Waals surface area contributed by atoms with Gasteiger partial charge in [0.15, 0.2) is 0 Å². The van der Waals surface area contributed by atoms with Crippen molar-refractivity contribution in [3.63, 3.8) is 0 Å². The van der Waals surface area contributed by atoms with E-state index in [-0.39, 0.29) is 12.1 Å². The monoisotopic (exact) mass is 452 g/mol. The van der Waals surface area contributed by atoms with Gasteiger partial charge in [0.1, 0.15) is 0 Å². The zero-order valence-electron chi connectivity index (χ0n) is 18.5. The van der Waals surface area contributed by atoms with Crippen LogP contribution in [0.25, 0.3) is 0 Å². The number of amides is 1. The van der Waals surface area contributed by atoms with Crippen LogP contribution < -0.4 is 5.32 Å². The van der Waals surface area contributed by atoms with Gasteiger partial charge in [0.2, 0.25) is 0 Å². The predicted octanol–water partition coefficient (Wildman–Crippen LogP) is 4.37. The first-order valence-corrected chi connectivity index (χ1v) is 11.4. The highest BCUT2D eigenvalue weighted by molar-refractivity contribution is 5.95. The molecule has 1 amide bonds. The number of nitro benzene ring substituents is 2. The Bertz CT molecular complexity index is 1030. The van der Waals surface area contributed by atoms with E-state index in [1.54, 1.807) is 0 Å². The number of carbonyl (C=O) groups excluding carboxylic acids is 1. The second kappa shape index (κ2) is 10.1. The van der Waals surface area contributed by atoms with E-state index >= 15 is 0 Å². The van der Waals surface area contributed by atoms with E-state index in [9.17, 15) is 25.0 Å². The van der Waals surface area contributed by atoms with E-state index in [0.29, 0.717) is 0 Å². The summed E-state index contributed by atoms with van der Waals surface area (Å²) in [5, 5.41) is 24.8. The number of nitrogens with zero attached hydrogens (tertiary/aromatic N) is 3. The molecule has 0 saturated heterocycles. The molecule has 0 unspecified atom stereocenters. The topological polar surface area (TPSA) is 119 Å². The first-order chi connectivity index (χ1) is 15.9. The minimum Gasteiger partial charge on any atom is -0.348 e. The van der Waals surface area contributed by atoms with Gasteiger partial charge in [0, 0.05) is 38.3 Å². The van der Waals surface area contributed by atoms with Crippen LogP contribution in [0.2, 0.25) is 0 Å². The summed E-state index contributed by atoms with van der Waals surface area (Å²) in [4.78, 5) is 35.7. The SMILES string of the molecule is O=C(NCc1ccc2c(c1)CCN(CC1CCCCC1)C2)c1cc([N+](=O)[O-])cc([N+](=O)[O-])c1. The van der Waals surface area contributed by atoms with Gasteiger partial charge in [-0.2, -0.15) is 0 Å². The van der Waals surface area contributed by atoms with Crippen molar-refractivity contribution < 1.29 is 14.6 Å². The number of nitrogens with one attached hydrogen (secondary N) is 1. The Morgan fingerprint density at radius 2 is 1.67 bits per heavy atom. The molecule has 1 N–H and O–H groups in total. The van der Waals surface area contributed by atoms with Gasteiger partial charge in [-0.1, -0.05) is 37.5 Å². The fourth-order valence-corrected chi connectivity index (χ4v) is 4.89. The highest BCUT2D eigenvalue weighted by Gasteiger charge is 2.22. The molecule has 0 bridgehead atoms. The maximum absolute atomic E-state index is 12.5. The van der Waals surface area contributed by atoms with E-state index < -0.39 is 27.1 Å². The summed E-state index contributed by atoms with van der Waals surface area (Å²) in [7, 11) is 0. The third kappa shape index (κ3) is 5.73. The Kier molecular flexibility index (Phi) is 6.98.